The van der Waals surface area contributed by atoms with Crippen molar-refractivity contribution in [1.29, 1.82) is 0 Å². The lowest BCUT2D eigenvalue weighted by molar-refractivity contribution is -0.145. The van der Waals surface area contributed by atoms with E-state index in [9.17, 15) is 18.8 Å². The Morgan fingerprint density at radius 2 is 1.85 bits per heavy atom. The van der Waals surface area contributed by atoms with Gasteiger partial charge in [0.1, 0.15) is 18.1 Å². The first-order chi connectivity index (χ1) is 12.9. The number of aryl methyl sites for hydroxylation is 1. The average Bonchev–Trinajstić information content (AvgIpc) is 2.65. The van der Waals surface area contributed by atoms with Crippen molar-refractivity contribution in [3.05, 3.63) is 81.7 Å². The van der Waals surface area contributed by atoms with Crippen molar-refractivity contribution in [1.82, 2.24) is 9.38 Å². The molecule has 0 aliphatic carbocycles. The van der Waals surface area contributed by atoms with Gasteiger partial charge in [-0.1, -0.05) is 6.07 Å². The summed E-state index contributed by atoms with van der Waals surface area (Å²) in [5, 5.41) is 0. The predicted molar refractivity (Wildman–Crippen MR) is 96.0 cm³/mol. The second-order valence-corrected chi connectivity index (χ2v) is 6.11. The highest BCUT2D eigenvalue weighted by molar-refractivity contribution is 5.97. The van der Waals surface area contributed by atoms with Crippen LogP contribution in [0.2, 0.25) is 0 Å². The van der Waals surface area contributed by atoms with Gasteiger partial charge in [0.15, 0.2) is 5.78 Å². The summed E-state index contributed by atoms with van der Waals surface area (Å²) in [6.45, 7) is 1.72. The van der Waals surface area contributed by atoms with Gasteiger partial charge in [0, 0.05) is 24.2 Å². The van der Waals surface area contributed by atoms with Crippen LogP contribution in [0.5, 0.6) is 0 Å². The Kier molecular flexibility index (Phi) is 5.40. The van der Waals surface area contributed by atoms with Crippen LogP contribution in [0, 0.1) is 12.7 Å². The molecule has 2 aromatic heterocycles. The second-order valence-electron chi connectivity index (χ2n) is 6.11. The van der Waals surface area contributed by atoms with Crippen LogP contribution < -0.4 is 5.56 Å². The zero-order chi connectivity index (χ0) is 19.4. The van der Waals surface area contributed by atoms with Crippen LogP contribution in [0.3, 0.4) is 0 Å². The van der Waals surface area contributed by atoms with Crippen LogP contribution in [0.15, 0.2) is 53.5 Å². The number of ketones is 1. The molecule has 0 N–H and O–H groups in total. The number of ether oxygens (including phenoxy) is 1. The second kappa shape index (κ2) is 7.90. The highest BCUT2D eigenvalue weighted by Crippen LogP contribution is 2.09. The summed E-state index contributed by atoms with van der Waals surface area (Å²) in [5.74, 6) is -1.28. The van der Waals surface area contributed by atoms with Crippen LogP contribution in [0.1, 0.15) is 34.5 Å². The first-order valence-electron chi connectivity index (χ1n) is 8.36. The highest BCUT2D eigenvalue weighted by Gasteiger charge is 2.11. The molecule has 0 amide bonds. The molecule has 2 heterocycles. The number of pyridine rings is 1. The maximum atomic E-state index is 12.9. The van der Waals surface area contributed by atoms with Gasteiger partial charge in [-0.15, -0.1) is 0 Å². The number of benzene rings is 1. The van der Waals surface area contributed by atoms with Crippen LogP contribution in [0.25, 0.3) is 5.65 Å². The van der Waals surface area contributed by atoms with Gasteiger partial charge in [0.2, 0.25) is 0 Å². The molecule has 27 heavy (non-hydrogen) atoms. The number of carbonyl (C=O) groups excluding carboxylic acids is 2. The normalized spacial score (nSPS) is 10.7. The number of fused-ring (bicyclic) bond motifs is 1. The van der Waals surface area contributed by atoms with E-state index < -0.39 is 11.8 Å². The Labute approximate surface area is 154 Å². The monoisotopic (exact) mass is 368 g/mol. The number of hydrogen-bond donors (Lipinski definition) is 0. The van der Waals surface area contributed by atoms with Crippen LogP contribution >= 0.6 is 0 Å². The molecule has 0 radical (unpaired) electrons. The van der Waals surface area contributed by atoms with E-state index in [4.69, 9.17) is 4.74 Å². The molecule has 3 aromatic rings. The SMILES string of the molecule is Cc1ccc2nc(COC(=O)CCC(=O)c3ccc(F)cc3)cc(=O)n2c1. The zero-order valence-corrected chi connectivity index (χ0v) is 14.6. The summed E-state index contributed by atoms with van der Waals surface area (Å²) < 4.78 is 19.4. The summed E-state index contributed by atoms with van der Waals surface area (Å²) in [6.07, 6.45) is 1.53. The van der Waals surface area contributed by atoms with Gasteiger partial charge in [0.25, 0.3) is 5.56 Å². The van der Waals surface area contributed by atoms with Gasteiger partial charge in [-0.05, 0) is 42.8 Å². The molecule has 0 saturated carbocycles. The Bertz CT molecular complexity index is 1060. The standard InChI is InChI=1S/C20H17FN2O4/c1-13-2-8-18-22-16(10-19(25)23(18)11-13)12-27-20(26)9-7-17(24)14-3-5-15(21)6-4-14/h2-6,8,10-11H,7,9,12H2,1H3. The Balaban J connectivity index is 1.57. The Hall–Kier alpha value is -3.35. The van der Waals surface area contributed by atoms with Gasteiger partial charge < -0.3 is 4.74 Å². The Morgan fingerprint density at radius 1 is 1.11 bits per heavy atom. The topological polar surface area (TPSA) is 77.7 Å². The van der Waals surface area contributed by atoms with Gasteiger partial charge in [-0.25, -0.2) is 9.37 Å². The van der Waals surface area contributed by atoms with E-state index in [0.717, 1.165) is 5.56 Å². The molecule has 1 aromatic carbocycles. The fourth-order valence-electron chi connectivity index (χ4n) is 2.55. The van der Waals surface area contributed by atoms with Crippen molar-refractivity contribution in [2.45, 2.75) is 26.4 Å². The van der Waals surface area contributed by atoms with Crippen molar-refractivity contribution >= 4 is 17.4 Å². The molecule has 0 aliphatic rings. The summed E-state index contributed by atoms with van der Waals surface area (Å²) in [4.78, 5) is 40.2. The lowest BCUT2D eigenvalue weighted by Crippen LogP contribution is -2.17. The molecule has 0 unspecified atom stereocenters. The quantitative estimate of drug-likeness (QED) is 0.494. The largest absolute Gasteiger partial charge is 0.459 e. The molecule has 0 atom stereocenters. The molecular weight excluding hydrogens is 351 g/mol. The van der Waals surface area contributed by atoms with E-state index in [0.29, 0.717) is 16.9 Å². The number of Topliss-reactive ketones (excluding diaryl/α,β-unsaturated/α-hetero) is 1. The van der Waals surface area contributed by atoms with Crippen LogP contribution in [-0.4, -0.2) is 21.1 Å². The van der Waals surface area contributed by atoms with Gasteiger partial charge in [0.05, 0.1) is 12.1 Å². The minimum absolute atomic E-state index is 0.0441. The lowest BCUT2D eigenvalue weighted by atomic mass is 10.1. The molecular formula is C20H17FN2O4. The summed E-state index contributed by atoms with van der Waals surface area (Å²) >= 11 is 0. The number of rotatable bonds is 6. The third kappa shape index (κ3) is 4.63. The summed E-state index contributed by atoms with van der Waals surface area (Å²) in [7, 11) is 0. The first kappa shape index (κ1) is 18.4. The van der Waals surface area contributed by atoms with E-state index in [-0.39, 0.29) is 30.8 Å². The molecule has 0 fully saturated rings. The summed E-state index contributed by atoms with van der Waals surface area (Å²) in [6, 6.07) is 9.98. The van der Waals surface area contributed by atoms with Crippen molar-refractivity contribution < 1.29 is 18.7 Å². The van der Waals surface area contributed by atoms with E-state index in [2.05, 4.69) is 4.98 Å². The number of halogens is 1. The molecule has 0 bridgehead atoms. The maximum absolute atomic E-state index is 12.9. The number of aromatic nitrogens is 2. The number of nitrogens with zero attached hydrogens (tertiary/aromatic N) is 2. The zero-order valence-electron chi connectivity index (χ0n) is 14.6. The number of carbonyl (C=O) groups is 2. The third-order valence-corrected chi connectivity index (χ3v) is 3.96. The predicted octanol–water partition coefficient (Wildman–Crippen LogP) is 2.85. The smallest absolute Gasteiger partial charge is 0.306 e. The van der Waals surface area contributed by atoms with E-state index in [1.807, 2.05) is 13.0 Å². The van der Waals surface area contributed by atoms with Crippen LogP contribution in [0.4, 0.5) is 4.39 Å². The van der Waals surface area contributed by atoms with Crippen molar-refractivity contribution in [2.75, 3.05) is 0 Å². The minimum atomic E-state index is -0.573. The van der Waals surface area contributed by atoms with Crippen LogP contribution in [-0.2, 0) is 16.1 Å². The average molecular weight is 368 g/mol. The molecule has 138 valence electrons. The van der Waals surface area contributed by atoms with Crippen molar-refractivity contribution in [3.8, 4) is 0 Å². The molecule has 0 aliphatic heterocycles. The molecule has 0 saturated heterocycles. The summed E-state index contributed by atoms with van der Waals surface area (Å²) in [5.41, 5.74) is 1.80. The van der Waals surface area contributed by atoms with Gasteiger partial charge in [-0.2, -0.15) is 0 Å². The fourth-order valence-corrected chi connectivity index (χ4v) is 2.55. The van der Waals surface area contributed by atoms with Gasteiger partial charge in [-0.3, -0.25) is 18.8 Å². The van der Waals surface area contributed by atoms with Crippen molar-refractivity contribution in [3.63, 3.8) is 0 Å². The lowest BCUT2D eigenvalue weighted by Gasteiger charge is -2.06. The molecule has 3 rings (SSSR count). The first-order valence-corrected chi connectivity index (χ1v) is 8.36. The van der Waals surface area contributed by atoms with E-state index in [1.165, 1.54) is 34.7 Å². The van der Waals surface area contributed by atoms with Gasteiger partial charge >= 0.3 is 5.97 Å². The molecule has 0 spiro atoms. The maximum Gasteiger partial charge on any atom is 0.306 e. The molecule has 7 heteroatoms. The van der Waals surface area contributed by atoms with E-state index >= 15 is 0 Å². The Morgan fingerprint density at radius 3 is 2.59 bits per heavy atom. The third-order valence-electron chi connectivity index (χ3n) is 3.96. The molecule has 6 nitrogen and oxygen atoms in total. The fraction of sp³-hybridized carbons (Fsp3) is 0.200. The minimum Gasteiger partial charge on any atom is -0.459 e. The number of esters is 1. The number of hydrogen-bond acceptors (Lipinski definition) is 5. The highest BCUT2D eigenvalue weighted by atomic mass is 19.1. The van der Waals surface area contributed by atoms with E-state index in [1.54, 1.807) is 12.3 Å². The van der Waals surface area contributed by atoms with Crippen molar-refractivity contribution in [2.24, 2.45) is 0 Å².